The Hall–Kier alpha value is -1.26. The molecule has 1 N–H and O–H groups in total. The van der Waals surface area contributed by atoms with Gasteiger partial charge in [0.05, 0.1) is 18.0 Å². The van der Waals surface area contributed by atoms with E-state index in [1.807, 2.05) is 24.3 Å². The van der Waals surface area contributed by atoms with Gasteiger partial charge >= 0.3 is 0 Å². The highest BCUT2D eigenvalue weighted by molar-refractivity contribution is 9.10. The molecule has 0 bridgehead atoms. The molecule has 0 radical (unpaired) electrons. The fraction of sp³-hybridized carbons (Fsp3) is 0.154. The summed E-state index contributed by atoms with van der Waals surface area (Å²) in [4.78, 5) is 3.86. The summed E-state index contributed by atoms with van der Waals surface area (Å²) >= 11 is 3.37. The van der Waals surface area contributed by atoms with Gasteiger partial charge < -0.3 is 5.11 Å². The van der Waals surface area contributed by atoms with E-state index in [1.165, 1.54) is 12.1 Å². The summed E-state index contributed by atoms with van der Waals surface area (Å²) in [6, 6.07) is 10.5. The van der Waals surface area contributed by atoms with Gasteiger partial charge in [0.2, 0.25) is 0 Å². The van der Waals surface area contributed by atoms with Crippen LogP contribution in [0.3, 0.4) is 0 Å². The van der Waals surface area contributed by atoms with Crippen molar-refractivity contribution in [1.29, 1.82) is 0 Å². The van der Waals surface area contributed by atoms with Crippen molar-refractivity contribution in [3.05, 3.63) is 64.1 Å². The van der Waals surface area contributed by atoms with Gasteiger partial charge in [-0.1, -0.05) is 28.1 Å². The average molecular weight is 296 g/mol. The van der Waals surface area contributed by atoms with Gasteiger partial charge in [0, 0.05) is 10.9 Å². The second-order valence-electron chi connectivity index (χ2n) is 3.75. The Balaban J connectivity index is 2.11. The van der Waals surface area contributed by atoms with E-state index in [9.17, 15) is 9.50 Å². The van der Waals surface area contributed by atoms with E-state index in [0.29, 0.717) is 12.1 Å². The van der Waals surface area contributed by atoms with Crippen LogP contribution in [0.5, 0.6) is 0 Å². The first-order valence-electron chi connectivity index (χ1n) is 5.19. The number of pyridine rings is 1. The molecule has 1 aromatic heterocycles. The van der Waals surface area contributed by atoms with Crippen molar-refractivity contribution in [2.24, 2.45) is 0 Å². The summed E-state index contributed by atoms with van der Waals surface area (Å²) in [5, 5.41) is 9.96. The third-order valence-electron chi connectivity index (χ3n) is 2.41. The van der Waals surface area contributed by atoms with Crippen LogP contribution >= 0.6 is 15.9 Å². The van der Waals surface area contributed by atoms with E-state index in [2.05, 4.69) is 20.9 Å². The summed E-state index contributed by atoms with van der Waals surface area (Å²) < 4.78 is 13.6. The van der Waals surface area contributed by atoms with Crippen molar-refractivity contribution in [3.63, 3.8) is 0 Å². The van der Waals surface area contributed by atoms with Crippen molar-refractivity contribution < 1.29 is 9.50 Å². The average Bonchev–Trinajstić information content (AvgIpc) is 2.29. The van der Waals surface area contributed by atoms with E-state index in [-0.39, 0.29) is 0 Å². The lowest BCUT2D eigenvalue weighted by Gasteiger charge is -2.10. The first kappa shape index (κ1) is 12.2. The second-order valence-corrected chi connectivity index (χ2v) is 4.67. The molecule has 0 aliphatic rings. The molecule has 1 unspecified atom stereocenters. The molecule has 17 heavy (non-hydrogen) atoms. The number of nitrogens with zero attached hydrogens (tertiary/aromatic N) is 1. The van der Waals surface area contributed by atoms with Crippen LogP contribution in [0.15, 0.2) is 47.1 Å². The molecular formula is C13H11BrFNO. The number of aliphatic hydroxyl groups is 1. The monoisotopic (exact) mass is 295 g/mol. The van der Waals surface area contributed by atoms with Gasteiger partial charge in [-0.15, -0.1) is 0 Å². The van der Waals surface area contributed by atoms with Crippen LogP contribution in [-0.4, -0.2) is 10.1 Å². The largest absolute Gasteiger partial charge is 0.386 e. The van der Waals surface area contributed by atoms with Crippen LogP contribution in [0.4, 0.5) is 4.39 Å². The Morgan fingerprint density at radius 2 is 2.12 bits per heavy atom. The minimum absolute atomic E-state index is 0.400. The van der Waals surface area contributed by atoms with E-state index in [4.69, 9.17) is 0 Å². The van der Waals surface area contributed by atoms with E-state index in [0.717, 1.165) is 16.2 Å². The first-order chi connectivity index (χ1) is 8.15. The predicted molar refractivity (Wildman–Crippen MR) is 67.0 cm³/mol. The van der Waals surface area contributed by atoms with Gasteiger partial charge in [-0.05, 0) is 29.8 Å². The molecule has 0 aliphatic carbocycles. The Morgan fingerprint density at radius 1 is 1.29 bits per heavy atom. The minimum atomic E-state index is -0.718. The highest BCUT2D eigenvalue weighted by Crippen LogP contribution is 2.19. The van der Waals surface area contributed by atoms with Crippen molar-refractivity contribution in [2.75, 3.05) is 0 Å². The Labute approximate surface area is 107 Å². The van der Waals surface area contributed by atoms with Gasteiger partial charge in [0.15, 0.2) is 0 Å². The Morgan fingerprint density at radius 3 is 2.76 bits per heavy atom. The van der Waals surface area contributed by atoms with E-state index < -0.39 is 11.9 Å². The molecular weight excluding hydrogens is 285 g/mol. The van der Waals surface area contributed by atoms with Crippen molar-refractivity contribution in [3.8, 4) is 0 Å². The molecule has 1 aromatic carbocycles. The number of hydrogen-bond acceptors (Lipinski definition) is 2. The maximum atomic E-state index is 12.7. The van der Waals surface area contributed by atoms with Crippen LogP contribution in [0.1, 0.15) is 17.4 Å². The van der Waals surface area contributed by atoms with Crippen LogP contribution in [0.2, 0.25) is 0 Å². The molecule has 2 nitrogen and oxygen atoms in total. The number of aromatic nitrogens is 1. The van der Waals surface area contributed by atoms with Gasteiger partial charge in [0.25, 0.3) is 0 Å². The maximum absolute atomic E-state index is 12.7. The molecule has 0 saturated carbocycles. The molecule has 0 fully saturated rings. The summed E-state index contributed by atoms with van der Waals surface area (Å²) in [6.07, 6.45) is 0.849. The third kappa shape index (κ3) is 3.35. The smallest absolute Gasteiger partial charge is 0.141 e. The predicted octanol–water partition coefficient (Wildman–Crippen LogP) is 3.26. The molecule has 4 heteroatoms. The quantitative estimate of drug-likeness (QED) is 0.943. The molecule has 0 spiro atoms. The van der Waals surface area contributed by atoms with E-state index in [1.54, 1.807) is 0 Å². The molecule has 88 valence electrons. The van der Waals surface area contributed by atoms with Crippen LogP contribution in [0.25, 0.3) is 0 Å². The molecule has 0 amide bonds. The lowest BCUT2D eigenvalue weighted by Crippen LogP contribution is -2.04. The zero-order valence-electron chi connectivity index (χ0n) is 8.98. The molecule has 0 aliphatic heterocycles. The highest BCUT2D eigenvalue weighted by atomic mass is 79.9. The van der Waals surface area contributed by atoms with Gasteiger partial charge in [-0.25, -0.2) is 4.39 Å². The number of hydrogen-bond donors (Lipinski definition) is 1. The van der Waals surface area contributed by atoms with Crippen LogP contribution in [-0.2, 0) is 6.42 Å². The SMILES string of the molecule is OC(Cc1cccc(Br)c1)c1ccc(F)cn1. The first-order valence-corrected chi connectivity index (χ1v) is 5.98. The molecule has 1 heterocycles. The molecule has 2 aromatic rings. The minimum Gasteiger partial charge on any atom is -0.386 e. The van der Waals surface area contributed by atoms with Gasteiger partial charge in [-0.2, -0.15) is 0 Å². The topological polar surface area (TPSA) is 33.1 Å². The third-order valence-corrected chi connectivity index (χ3v) is 2.90. The number of aliphatic hydroxyl groups excluding tert-OH is 1. The standard InChI is InChI=1S/C13H11BrFNO/c14-10-3-1-2-9(6-10)7-13(17)12-5-4-11(15)8-16-12/h1-6,8,13,17H,7H2. The van der Waals surface area contributed by atoms with Crippen molar-refractivity contribution >= 4 is 15.9 Å². The highest BCUT2D eigenvalue weighted by Gasteiger charge is 2.10. The Bertz CT molecular complexity index is 501. The summed E-state index contributed by atoms with van der Waals surface area (Å²) in [5.41, 5.74) is 1.48. The zero-order chi connectivity index (χ0) is 12.3. The summed E-state index contributed by atoms with van der Waals surface area (Å²) in [5.74, 6) is -0.400. The molecule has 1 atom stereocenters. The Kier molecular flexibility index (Phi) is 3.86. The number of benzene rings is 1. The van der Waals surface area contributed by atoms with Crippen molar-refractivity contribution in [2.45, 2.75) is 12.5 Å². The van der Waals surface area contributed by atoms with E-state index >= 15 is 0 Å². The summed E-state index contributed by atoms with van der Waals surface area (Å²) in [7, 11) is 0. The maximum Gasteiger partial charge on any atom is 0.141 e. The lowest BCUT2D eigenvalue weighted by molar-refractivity contribution is 0.173. The lowest BCUT2D eigenvalue weighted by atomic mass is 10.1. The number of halogens is 2. The van der Waals surface area contributed by atoms with Crippen LogP contribution in [0, 0.1) is 5.82 Å². The molecule has 0 saturated heterocycles. The fourth-order valence-electron chi connectivity index (χ4n) is 1.58. The fourth-order valence-corrected chi connectivity index (χ4v) is 2.02. The van der Waals surface area contributed by atoms with Gasteiger partial charge in [-0.3, -0.25) is 4.98 Å². The second kappa shape index (κ2) is 5.38. The van der Waals surface area contributed by atoms with Crippen molar-refractivity contribution in [1.82, 2.24) is 4.98 Å². The zero-order valence-corrected chi connectivity index (χ0v) is 10.6. The number of rotatable bonds is 3. The van der Waals surface area contributed by atoms with Gasteiger partial charge in [0.1, 0.15) is 5.82 Å². The summed E-state index contributed by atoms with van der Waals surface area (Å²) in [6.45, 7) is 0. The normalized spacial score (nSPS) is 12.4. The molecule has 2 rings (SSSR count). The van der Waals surface area contributed by atoms with Crippen LogP contribution < -0.4 is 0 Å².